The molecule has 3 rings (SSSR count). The summed E-state index contributed by atoms with van der Waals surface area (Å²) in [5, 5.41) is 2.86. The molecule has 32 heavy (non-hydrogen) atoms. The summed E-state index contributed by atoms with van der Waals surface area (Å²) in [4.78, 5) is 12.3. The van der Waals surface area contributed by atoms with Crippen molar-refractivity contribution in [2.75, 3.05) is 13.7 Å². The summed E-state index contributed by atoms with van der Waals surface area (Å²) < 4.78 is 38.1. The van der Waals surface area contributed by atoms with Crippen molar-refractivity contribution in [1.29, 1.82) is 0 Å². The van der Waals surface area contributed by atoms with Gasteiger partial charge >= 0.3 is 0 Å². The number of carbonyl (C=O) groups is 1. The highest BCUT2D eigenvalue weighted by Crippen LogP contribution is 2.18. The summed E-state index contributed by atoms with van der Waals surface area (Å²) in [5.41, 5.74) is 1.81. The van der Waals surface area contributed by atoms with Crippen molar-refractivity contribution < 1.29 is 22.7 Å². The monoisotopic (exact) mass is 454 g/mol. The maximum absolute atomic E-state index is 12.5. The number of ether oxygens (including phenoxy) is 2. The van der Waals surface area contributed by atoms with E-state index in [1.807, 2.05) is 61.5 Å². The van der Waals surface area contributed by atoms with Gasteiger partial charge in [-0.05, 0) is 54.4 Å². The lowest BCUT2D eigenvalue weighted by Gasteiger charge is -2.15. The summed E-state index contributed by atoms with van der Waals surface area (Å²) in [5.74, 6) is 0.866. The lowest BCUT2D eigenvalue weighted by Crippen LogP contribution is -2.31. The van der Waals surface area contributed by atoms with Crippen molar-refractivity contribution in [3.05, 3.63) is 90.0 Å². The van der Waals surface area contributed by atoms with Crippen LogP contribution >= 0.6 is 0 Å². The Morgan fingerprint density at radius 2 is 1.53 bits per heavy atom. The van der Waals surface area contributed by atoms with Crippen LogP contribution in [0.5, 0.6) is 11.5 Å². The lowest BCUT2D eigenvalue weighted by atomic mass is 10.1. The molecule has 0 radical (unpaired) electrons. The van der Waals surface area contributed by atoms with Gasteiger partial charge in [-0.1, -0.05) is 42.5 Å². The van der Waals surface area contributed by atoms with Crippen molar-refractivity contribution >= 4 is 15.9 Å². The number of sulfonamides is 1. The average Bonchev–Trinajstić information content (AvgIpc) is 2.82. The zero-order chi connectivity index (χ0) is 23.0. The second kappa shape index (κ2) is 10.8. The van der Waals surface area contributed by atoms with Crippen LogP contribution in [0.1, 0.15) is 24.1 Å². The normalized spacial score (nSPS) is 12.1. The number of hydrogen-bond acceptors (Lipinski definition) is 5. The van der Waals surface area contributed by atoms with Gasteiger partial charge in [0.05, 0.1) is 18.0 Å². The molecule has 0 aromatic heterocycles. The van der Waals surface area contributed by atoms with E-state index in [-0.39, 0.29) is 30.0 Å². The number of carbonyl (C=O) groups excluding carboxylic acids is 1. The quantitative estimate of drug-likeness (QED) is 0.490. The van der Waals surface area contributed by atoms with Crippen LogP contribution in [0.25, 0.3) is 0 Å². The maximum Gasteiger partial charge on any atom is 0.258 e. The zero-order valence-corrected chi connectivity index (χ0v) is 18.8. The molecule has 0 saturated heterocycles. The minimum Gasteiger partial charge on any atom is -0.497 e. The van der Waals surface area contributed by atoms with Crippen molar-refractivity contribution in [3.8, 4) is 11.5 Å². The van der Waals surface area contributed by atoms with E-state index in [1.165, 1.54) is 24.3 Å². The largest absolute Gasteiger partial charge is 0.497 e. The lowest BCUT2D eigenvalue weighted by molar-refractivity contribution is -0.123. The molecule has 0 aliphatic carbocycles. The zero-order valence-electron chi connectivity index (χ0n) is 17.9. The van der Waals surface area contributed by atoms with Gasteiger partial charge in [0, 0.05) is 6.54 Å². The molecule has 0 fully saturated rings. The van der Waals surface area contributed by atoms with Crippen LogP contribution < -0.4 is 19.5 Å². The highest BCUT2D eigenvalue weighted by atomic mass is 32.2. The predicted molar refractivity (Wildman–Crippen MR) is 122 cm³/mol. The first-order chi connectivity index (χ1) is 15.4. The second-order valence-corrected chi connectivity index (χ2v) is 8.90. The van der Waals surface area contributed by atoms with Crippen molar-refractivity contribution in [1.82, 2.24) is 10.0 Å². The number of nitrogens with one attached hydrogen (secondary N) is 2. The molecule has 0 spiro atoms. The number of amides is 1. The SMILES string of the molecule is COc1ccc([C@@H](C)NC(=O)COc2ccc(S(=O)(=O)NCc3ccccc3)cc2)cc1. The number of methoxy groups -OCH3 is 1. The first-order valence-electron chi connectivity index (χ1n) is 10.1. The van der Waals surface area contributed by atoms with Gasteiger partial charge in [-0.15, -0.1) is 0 Å². The highest BCUT2D eigenvalue weighted by Gasteiger charge is 2.14. The maximum atomic E-state index is 12.5. The topological polar surface area (TPSA) is 93.7 Å². The van der Waals surface area contributed by atoms with Crippen LogP contribution in [0.2, 0.25) is 0 Å². The molecular formula is C24H26N2O5S. The number of hydrogen-bond donors (Lipinski definition) is 2. The van der Waals surface area contributed by atoms with Crippen molar-refractivity contribution in [2.45, 2.75) is 24.4 Å². The molecule has 168 valence electrons. The Morgan fingerprint density at radius 1 is 0.906 bits per heavy atom. The molecule has 1 amide bonds. The third kappa shape index (κ3) is 6.57. The fourth-order valence-electron chi connectivity index (χ4n) is 2.98. The Labute approximate surface area is 188 Å². The minimum atomic E-state index is -3.65. The van der Waals surface area contributed by atoms with Gasteiger partial charge < -0.3 is 14.8 Å². The molecule has 0 aliphatic rings. The van der Waals surface area contributed by atoms with Crippen molar-refractivity contribution in [3.63, 3.8) is 0 Å². The predicted octanol–water partition coefficient (Wildman–Crippen LogP) is 3.43. The number of benzene rings is 3. The van der Waals surface area contributed by atoms with Gasteiger partial charge in [0.2, 0.25) is 10.0 Å². The number of rotatable bonds is 10. The summed E-state index contributed by atoms with van der Waals surface area (Å²) in [6.07, 6.45) is 0. The fraction of sp³-hybridized carbons (Fsp3) is 0.208. The van der Waals surface area contributed by atoms with Crippen molar-refractivity contribution in [2.24, 2.45) is 0 Å². The van der Waals surface area contributed by atoms with E-state index >= 15 is 0 Å². The Balaban J connectivity index is 1.49. The van der Waals surface area contributed by atoms with E-state index in [0.29, 0.717) is 5.75 Å². The summed E-state index contributed by atoms with van der Waals surface area (Å²) in [7, 11) is -2.05. The molecule has 0 unspecified atom stereocenters. The summed E-state index contributed by atoms with van der Waals surface area (Å²) in [6, 6.07) is 22.4. The Morgan fingerprint density at radius 3 is 2.16 bits per heavy atom. The summed E-state index contributed by atoms with van der Waals surface area (Å²) in [6.45, 7) is 1.90. The molecule has 3 aromatic rings. The van der Waals surface area contributed by atoms with E-state index in [1.54, 1.807) is 7.11 Å². The van der Waals surface area contributed by atoms with E-state index < -0.39 is 10.0 Å². The van der Waals surface area contributed by atoms with Gasteiger partial charge in [-0.25, -0.2) is 13.1 Å². The van der Waals surface area contributed by atoms with Crippen LogP contribution in [0.15, 0.2) is 83.8 Å². The Kier molecular flexibility index (Phi) is 7.86. The molecule has 3 aromatic carbocycles. The van der Waals surface area contributed by atoms with E-state index in [4.69, 9.17) is 9.47 Å². The Bertz CT molecular complexity index is 1120. The van der Waals surface area contributed by atoms with E-state index in [9.17, 15) is 13.2 Å². The third-order valence-electron chi connectivity index (χ3n) is 4.81. The first-order valence-corrected chi connectivity index (χ1v) is 11.6. The van der Waals surface area contributed by atoms with Gasteiger partial charge in [0.25, 0.3) is 5.91 Å². The second-order valence-electron chi connectivity index (χ2n) is 7.13. The molecule has 0 saturated carbocycles. The molecule has 0 bridgehead atoms. The van der Waals surface area contributed by atoms with Crippen LogP contribution in [0.4, 0.5) is 0 Å². The molecule has 2 N–H and O–H groups in total. The van der Waals surface area contributed by atoms with Crippen LogP contribution in [0.3, 0.4) is 0 Å². The Hall–Kier alpha value is -3.36. The van der Waals surface area contributed by atoms with Crippen LogP contribution in [0, 0.1) is 0 Å². The molecule has 7 nitrogen and oxygen atoms in total. The summed E-state index contributed by atoms with van der Waals surface area (Å²) >= 11 is 0. The first kappa shape index (κ1) is 23.3. The van der Waals surface area contributed by atoms with Gasteiger partial charge in [0.15, 0.2) is 6.61 Å². The molecule has 1 atom stereocenters. The molecular weight excluding hydrogens is 428 g/mol. The molecule has 8 heteroatoms. The fourth-order valence-corrected chi connectivity index (χ4v) is 4.00. The van der Waals surface area contributed by atoms with Gasteiger partial charge in [-0.2, -0.15) is 0 Å². The standard InChI is InChI=1S/C24H26N2O5S/c1-18(20-8-10-21(30-2)11-9-20)26-24(27)17-31-22-12-14-23(15-13-22)32(28,29)25-16-19-6-4-3-5-7-19/h3-15,18,25H,16-17H2,1-2H3,(H,26,27)/t18-/m1/s1. The average molecular weight is 455 g/mol. The van der Waals surface area contributed by atoms with Gasteiger partial charge in [0.1, 0.15) is 11.5 Å². The van der Waals surface area contributed by atoms with Gasteiger partial charge in [-0.3, -0.25) is 4.79 Å². The smallest absolute Gasteiger partial charge is 0.258 e. The molecule has 0 aliphatic heterocycles. The van der Waals surface area contributed by atoms with E-state index in [0.717, 1.165) is 16.9 Å². The third-order valence-corrected chi connectivity index (χ3v) is 6.22. The van der Waals surface area contributed by atoms with Crippen LogP contribution in [-0.2, 0) is 21.4 Å². The van der Waals surface area contributed by atoms with E-state index in [2.05, 4.69) is 10.0 Å². The van der Waals surface area contributed by atoms with Crippen LogP contribution in [-0.4, -0.2) is 28.0 Å². The minimum absolute atomic E-state index is 0.123. The highest BCUT2D eigenvalue weighted by molar-refractivity contribution is 7.89. The molecule has 0 heterocycles.